The van der Waals surface area contributed by atoms with E-state index < -0.39 is 29.4 Å². The third kappa shape index (κ3) is 4.77. The number of likely N-dealkylation sites (N-methyl/N-ethyl adjacent to an activating group) is 1. The minimum atomic E-state index is -4.57. The molecule has 30 heavy (non-hydrogen) atoms. The molecule has 162 valence electrons. The van der Waals surface area contributed by atoms with Gasteiger partial charge in [0.2, 0.25) is 0 Å². The lowest BCUT2D eigenvalue weighted by atomic mass is 9.95. The van der Waals surface area contributed by atoms with Gasteiger partial charge in [-0.15, -0.1) is 0 Å². The van der Waals surface area contributed by atoms with Gasteiger partial charge < -0.3 is 10.6 Å². The lowest BCUT2D eigenvalue weighted by Gasteiger charge is -2.22. The van der Waals surface area contributed by atoms with Crippen LogP contribution in [0.2, 0.25) is 0 Å². The number of alkyl halides is 6. The zero-order chi connectivity index (χ0) is 23.0. The predicted octanol–water partition coefficient (Wildman–Crippen LogP) is 6.07. The van der Waals surface area contributed by atoms with Crippen molar-refractivity contribution in [3.05, 3.63) is 64.2 Å². The van der Waals surface area contributed by atoms with Gasteiger partial charge in [0.15, 0.2) is 0 Å². The summed E-state index contributed by atoms with van der Waals surface area (Å²) >= 11 is 0. The van der Waals surface area contributed by atoms with Gasteiger partial charge in [0.1, 0.15) is 0 Å². The van der Waals surface area contributed by atoms with E-state index in [4.69, 9.17) is 5.73 Å². The number of hydrogen-bond acceptors (Lipinski definition) is 2. The quantitative estimate of drug-likeness (QED) is 0.365. The summed E-state index contributed by atoms with van der Waals surface area (Å²) in [6, 6.07) is 5.88. The first-order valence-corrected chi connectivity index (χ1v) is 8.75. The Kier molecular flexibility index (Phi) is 6.25. The van der Waals surface area contributed by atoms with Gasteiger partial charge in [0.05, 0.1) is 22.5 Å². The number of amides is 1. The van der Waals surface area contributed by atoms with E-state index >= 15 is 0 Å². The van der Waals surface area contributed by atoms with Crippen molar-refractivity contribution < 1.29 is 31.1 Å². The van der Waals surface area contributed by atoms with E-state index in [0.717, 1.165) is 35.2 Å². The van der Waals surface area contributed by atoms with E-state index in [1.54, 1.807) is 6.92 Å². The Morgan fingerprint density at radius 1 is 0.900 bits per heavy atom. The predicted molar refractivity (Wildman–Crippen MR) is 104 cm³/mol. The van der Waals surface area contributed by atoms with Gasteiger partial charge in [-0.05, 0) is 67.8 Å². The second-order valence-corrected chi connectivity index (χ2v) is 6.91. The molecule has 0 heterocycles. The second kappa shape index (κ2) is 8.04. The number of nitrogens with zero attached hydrogens (tertiary/aromatic N) is 1. The first-order chi connectivity index (χ1) is 13.6. The van der Waals surface area contributed by atoms with Gasteiger partial charge in [-0.25, -0.2) is 0 Å². The highest BCUT2D eigenvalue weighted by atomic mass is 19.4. The first kappa shape index (κ1) is 23.3. The normalized spacial score (nSPS) is 13.1. The maximum atomic E-state index is 12.9. The largest absolute Gasteiger partial charge is 0.416 e. The highest BCUT2D eigenvalue weighted by Crippen LogP contribution is 2.35. The summed E-state index contributed by atoms with van der Waals surface area (Å²) in [4.78, 5) is 13.9. The summed E-state index contributed by atoms with van der Waals surface area (Å²) < 4.78 is 77.0. The molecule has 2 rings (SSSR count). The standard InChI is InChI=1S/C21H20F6N2O/c1-11-9-14(20(22,23)24)5-7-16(11)12(2)13(3)19(30)29(4)18-8-6-15(10-17(18)28)21(25,26)27/h5-10H,28H2,1-4H3/b13-12+. The van der Waals surface area contributed by atoms with Crippen molar-refractivity contribution in [1.29, 1.82) is 0 Å². The van der Waals surface area contributed by atoms with Crippen LogP contribution in [0.25, 0.3) is 5.57 Å². The Bertz CT molecular complexity index is 1010. The molecule has 0 aliphatic carbocycles. The molecule has 2 aromatic rings. The second-order valence-electron chi connectivity index (χ2n) is 6.91. The van der Waals surface area contributed by atoms with Gasteiger partial charge in [-0.2, -0.15) is 26.3 Å². The van der Waals surface area contributed by atoms with Gasteiger partial charge in [-0.1, -0.05) is 6.07 Å². The maximum Gasteiger partial charge on any atom is 0.416 e. The Morgan fingerprint density at radius 2 is 1.40 bits per heavy atom. The minimum Gasteiger partial charge on any atom is -0.397 e. The number of benzene rings is 2. The zero-order valence-electron chi connectivity index (χ0n) is 16.7. The van der Waals surface area contributed by atoms with Crippen LogP contribution in [0.3, 0.4) is 0 Å². The highest BCUT2D eigenvalue weighted by molar-refractivity contribution is 6.10. The number of carbonyl (C=O) groups excluding carboxylic acids is 1. The van der Waals surface area contributed by atoms with Crippen molar-refractivity contribution in [3.8, 4) is 0 Å². The number of allylic oxidation sites excluding steroid dienone is 1. The summed E-state index contributed by atoms with van der Waals surface area (Å²) in [7, 11) is 1.36. The van der Waals surface area contributed by atoms with E-state index in [-0.39, 0.29) is 16.9 Å². The van der Waals surface area contributed by atoms with Crippen molar-refractivity contribution in [3.63, 3.8) is 0 Å². The van der Waals surface area contributed by atoms with Gasteiger partial charge >= 0.3 is 12.4 Å². The molecule has 2 aromatic carbocycles. The molecule has 9 heteroatoms. The van der Waals surface area contributed by atoms with Crippen molar-refractivity contribution in [2.45, 2.75) is 33.1 Å². The maximum absolute atomic E-state index is 12.9. The van der Waals surface area contributed by atoms with Gasteiger partial charge in [0.25, 0.3) is 5.91 Å². The molecule has 0 spiro atoms. The van der Waals surface area contributed by atoms with Crippen molar-refractivity contribution in [2.75, 3.05) is 17.7 Å². The molecule has 0 atom stereocenters. The van der Waals surface area contributed by atoms with Crippen LogP contribution in [0.15, 0.2) is 42.0 Å². The summed E-state index contributed by atoms with van der Waals surface area (Å²) in [5.41, 5.74) is 5.31. The van der Waals surface area contributed by atoms with E-state index in [0.29, 0.717) is 16.7 Å². The minimum absolute atomic E-state index is 0.0873. The van der Waals surface area contributed by atoms with Crippen LogP contribution < -0.4 is 10.6 Å². The van der Waals surface area contributed by atoms with Gasteiger partial charge in [0, 0.05) is 12.6 Å². The molecule has 1 amide bonds. The van der Waals surface area contributed by atoms with Gasteiger partial charge in [-0.3, -0.25) is 4.79 Å². The van der Waals surface area contributed by atoms with Crippen LogP contribution in [0.5, 0.6) is 0 Å². The fraction of sp³-hybridized carbons (Fsp3) is 0.286. The van der Waals surface area contributed by atoms with Crippen LogP contribution >= 0.6 is 0 Å². The summed E-state index contributed by atoms with van der Waals surface area (Å²) in [5.74, 6) is -0.543. The number of carbonyl (C=O) groups is 1. The van der Waals surface area contributed by atoms with Crippen molar-refractivity contribution >= 4 is 22.9 Å². The average Bonchev–Trinajstić information content (AvgIpc) is 2.64. The summed E-state index contributed by atoms with van der Waals surface area (Å²) in [5, 5.41) is 0. The van der Waals surface area contributed by atoms with Crippen molar-refractivity contribution in [2.24, 2.45) is 0 Å². The van der Waals surface area contributed by atoms with E-state index in [1.165, 1.54) is 27.0 Å². The van der Waals surface area contributed by atoms with E-state index in [9.17, 15) is 31.1 Å². The molecule has 0 aliphatic heterocycles. The topological polar surface area (TPSA) is 46.3 Å². The van der Waals surface area contributed by atoms with E-state index in [2.05, 4.69) is 0 Å². The lowest BCUT2D eigenvalue weighted by molar-refractivity contribution is -0.138. The molecule has 2 N–H and O–H groups in total. The molecule has 3 nitrogen and oxygen atoms in total. The monoisotopic (exact) mass is 430 g/mol. The first-order valence-electron chi connectivity index (χ1n) is 8.75. The molecule has 0 saturated heterocycles. The van der Waals surface area contributed by atoms with Crippen LogP contribution in [0.1, 0.15) is 36.1 Å². The Morgan fingerprint density at radius 3 is 1.87 bits per heavy atom. The third-order valence-electron chi connectivity index (χ3n) is 4.86. The molecular formula is C21H20F6N2O. The molecule has 0 bridgehead atoms. The fourth-order valence-electron chi connectivity index (χ4n) is 3.02. The summed E-state index contributed by atoms with van der Waals surface area (Å²) in [6.45, 7) is 4.59. The Labute approximate surface area is 169 Å². The molecule has 0 saturated carbocycles. The number of nitrogen functional groups attached to an aromatic ring is 1. The van der Waals surface area contributed by atoms with Crippen LogP contribution in [-0.2, 0) is 17.1 Å². The smallest absolute Gasteiger partial charge is 0.397 e. The zero-order valence-corrected chi connectivity index (χ0v) is 16.7. The molecule has 0 aromatic heterocycles. The number of rotatable bonds is 3. The number of nitrogens with two attached hydrogens (primary N) is 1. The average molecular weight is 430 g/mol. The molecule has 0 radical (unpaired) electrons. The van der Waals surface area contributed by atoms with Crippen LogP contribution in [0.4, 0.5) is 37.7 Å². The Hall–Kier alpha value is -2.97. The van der Waals surface area contributed by atoms with E-state index in [1.807, 2.05) is 0 Å². The fourth-order valence-corrected chi connectivity index (χ4v) is 3.02. The number of aryl methyl sites for hydroxylation is 1. The number of anilines is 2. The Balaban J connectivity index is 2.39. The van der Waals surface area contributed by atoms with Crippen LogP contribution in [0, 0.1) is 6.92 Å². The SMILES string of the molecule is C/C(C(=O)N(C)c1ccc(C(F)(F)F)cc1N)=C(/C)c1ccc(C(F)(F)F)cc1C. The summed E-state index contributed by atoms with van der Waals surface area (Å²) in [6.07, 6.45) is -9.05. The third-order valence-corrected chi connectivity index (χ3v) is 4.86. The lowest BCUT2D eigenvalue weighted by Crippen LogP contribution is -2.28. The molecular weight excluding hydrogens is 410 g/mol. The molecule has 0 aliphatic rings. The highest BCUT2D eigenvalue weighted by Gasteiger charge is 2.32. The number of hydrogen-bond donors (Lipinski definition) is 1. The van der Waals surface area contributed by atoms with Crippen molar-refractivity contribution in [1.82, 2.24) is 0 Å². The molecule has 0 unspecified atom stereocenters. The van der Waals surface area contributed by atoms with Crippen LogP contribution in [-0.4, -0.2) is 13.0 Å². The molecule has 0 fully saturated rings. The number of halogens is 6.